The predicted molar refractivity (Wildman–Crippen MR) is 164 cm³/mol. The highest BCUT2D eigenvalue weighted by atomic mass is 16.8. The number of benzene rings is 3. The number of imidazole rings is 1. The molecule has 1 aliphatic rings. The molecule has 0 bridgehead atoms. The zero-order valence-corrected chi connectivity index (χ0v) is 25.1. The maximum atomic E-state index is 13.5. The third-order valence-electron chi connectivity index (χ3n) is 7.72. The van der Waals surface area contributed by atoms with E-state index in [9.17, 15) is 9.59 Å². The van der Waals surface area contributed by atoms with E-state index in [4.69, 9.17) is 18.9 Å². The van der Waals surface area contributed by atoms with Gasteiger partial charge in [0.15, 0.2) is 0 Å². The molecule has 1 fully saturated rings. The number of carbonyl (C=O) groups is 2. The van der Waals surface area contributed by atoms with Gasteiger partial charge in [-0.3, -0.25) is 4.57 Å². The van der Waals surface area contributed by atoms with Crippen molar-refractivity contribution < 1.29 is 28.5 Å². The summed E-state index contributed by atoms with van der Waals surface area (Å²) in [6, 6.07) is 21.3. The van der Waals surface area contributed by atoms with Crippen LogP contribution in [0.2, 0.25) is 0 Å². The second-order valence-electron chi connectivity index (χ2n) is 10.7. The van der Waals surface area contributed by atoms with Crippen LogP contribution in [-0.2, 0) is 20.8 Å². The van der Waals surface area contributed by atoms with E-state index in [1.54, 1.807) is 12.1 Å². The van der Waals surface area contributed by atoms with E-state index in [0.717, 1.165) is 54.4 Å². The van der Waals surface area contributed by atoms with Crippen LogP contribution >= 0.6 is 0 Å². The second-order valence-corrected chi connectivity index (χ2v) is 10.7. The van der Waals surface area contributed by atoms with Crippen LogP contribution in [0, 0.1) is 0 Å². The van der Waals surface area contributed by atoms with Gasteiger partial charge in [0.25, 0.3) is 6.01 Å². The first-order valence-electron chi connectivity index (χ1n) is 15.1. The fourth-order valence-electron chi connectivity index (χ4n) is 5.72. The van der Waals surface area contributed by atoms with E-state index >= 15 is 0 Å². The van der Waals surface area contributed by atoms with E-state index in [1.165, 1.54) is 6.92 Å². The number of ether oxygens (including phenoxy) is 4. The Morgan fingerprint density at radius 1 is 0.933 bits per heavy atom. The fraction of sp³-hybridized carbons (Fsp3) is 0.333. The second kappa shape index (κ2) is 13.6. The molecule has 5 aromatic rings. The van der Waals surface area contributed by atoms with Gasteiger partial charge < -0.3 is 18.9 Å². The number of para-hydroxylation sites is 1. The summed E-state index contributed by atoms with van der Waals surface area (Å²) in [6.45, 7) is 4.06. The van der Waals surface area contributed by atoms with E-state index in [0.29, 0.717) is 36.0 Å². The summed E-state index contributed by atoms with van der Waals surface area (Å²) in [6.07, 6.45) is 2.60. The van der Waals surface area contributed by atoms with Crippen molar-refractivity contribution in [2.45, 2.75) is 64.9 Å². The van der Waals surface area contributed by atoms with Crippen LogP contribution in [0.15, 0.2) is 66.7 Å². The molecule has 1 N–H and O–H groups in total. The zero-order chi connectivity index (χ0) is 31.2. The van der Waals surface area contributed by atoms with Crippen LogP contribution in [0.25, 0.3) is 33.5 Å². The predicted octanol–water partition coefficient (Wildman–Crippen LogP) is 6.32. The Morgan fingerprint density at radius 3 is 2.44 bits per heavy atom. The summed E-state index contributed by atoms with van der Waals surface area (Å²) in [5.41, 5.74) is 4.97. The minimum atomic E-state index is -1.16. The number of nitrogens with zero attached hydrogens (tertiary/aromatic N) is 5. The lowest BCUT2D eigenvalue weighted by atomic mass is 9.95. The Balaban J connectivity index is 1.30. The molecule has 2 heterocycles. The average Bonchev–Trinajstić information content (AvgIpc) is 3.71. The van der Waals surface area contributed by atoms with Crippen molar-refractivity contribution in [1.29, 1.82) is 0 Å². The molecule has 2 aromatic heterocycles. The van der Waals surface area contributed by atoms with Gasteiger partial charge in [-0.05, 0) is 66.6 Å². The fourth-order valence-corrected chi connectivity index (χ4v) is 5.72. The molecular weight excluding hydrogens is 576 g/mol. The maximum Gasteiger partial charge on any atom is 0.511 e. The number of H-pyrrole nitrogens is 1. The molecule has 0 spiro atoms. The van der Waals surface area contributed by atoms with Crippen molar-refractivity contribution in [2.24, 2.45) is 0 Å². The van der Waals surface area contributed by atoms with Gasteiger partial charge >= 0.3 is 12.1 Å². The number of carbonyl (C=O) groups excluding carboxylic acids is 2. The van der Waals surface area contributed by atoms with Gasteiger partial charge in [0.05, 0.1) is 29.7 Å². The van der Waals surface area contributed by atoms with Crippen LogP contribution in [0.3, 0.4) is 0 Å². The largest absolute Gasteiger partial charge is 0.511 e. The summed E-state index contributed by atoms with van der Waals surface area (Å²) in [7, 11) is 0. The lowest BCUT2D eigenvalue weighted by molar-refractivity contribution is -0.0914. The molecule has 0 amide bonds. The lowest BCUT2D eigenvalue weighted by Gasteiger charge is -2.22. The van der Waals surface area contributed by atoms with Gasteiger partial charge in [0.2, 0.25) is 12.1 Å². The summed E-state index contributed by atoms with van der Waals surface area (Å²) in [5.74, 6) is -0.189. The SMILES string of the molecule is CCOc1nc2cccc(C(=O)OC(C)OC(=O)OC3CCCCC3)c2n1Cc1ccccc1-c1ccccc1-c1nn[nH]n1. The van der Waals surface area contributed by atoms with Gasteiger partial charge in [-0.2, -0.15) is 10.2 Å². The molecule has 0 radical (unpaired) electrons. The number of nitrogens with one attached hydrogen (secondary N) is 1. The first-order chi connectivity index (χ1) is 22.0. The highest BCUT2D eigenvalue weighted by molar-refractivity contribution is 6.02. The Kier molecular flexibility index (Phi) is 8.99. The van der Waals surface area contributed by atoms with Gasteiger partial charge in [-0.15, -0.1) is 10.2 Å². The minimum absolute atomic E-state index is 0.170. The first kappa shape index (κ1) is 29.8. The van der Waals surface area contributed by atoms with Gasteiger partial charge in [-0.25, -0.2) is 9.59 Å². The third-order valence-corrected chi connectivity index (χ3v) is 7.72. The number of aromatic nitrogens is 6. The molecule has 3 aromatic carbocycles. The molecule has 0 aliphatic heterocycles. The monoisotopic (exact) mass is 610 g/mol. The number of esters is 1. The Bertz CT molecular complexity index is 1780. The summed E-state index contributed by atoms with van der Waals surface area (Å²) in [5, 5.41) is 14.6. The first-order valence-corrected chi connectivity index (χ1v) is 15.1. The van der Waals surface area contributed by atoms with Crippen LogP contribution in [0.4, 0.5) is 4.79 Å². The van der Waals surface area contributed by atoms with Crippen LogP contribution in [-0.4, -0.2) is 61.3 Å². The number of rotatable bonds is 10. The molecule has 232 valence electrons. The summed E-state index contributed by atoms with van der Waals surface area (Å²) >= 11 is 0. The van der Waals surface area contributed by atoms with Crippen LogP contribution < -0.4 is 4.74 Å². The quantitative estimate of drug-likeness (QED) is 0.141. The molecule has 1 unspecified atom stereocenters. The normalized spacial score (nSPS) is 14.2. The van der Waals surface area contributed by atoms with Crippen molar-refractivity contribution in [2.75, 3.05) is 6.61 Å². The van der Waals surface area contributed by atoms with Crippen molar-refractivity contribution in [3.63, 3.8) is 0 Å². The van der Waals surface area contributed by atoms with Crippen molar-refractivity contribution >= 4 is 23.2 Å². The van der Waals surface area contributed by atoms with Crippen molar-refractivity contribution in [3.05, 3.63) is 77.9 Å². The number of tetrazole rings is 1. The molecule has 6 rings (SSSR count). The summed E-state index contributed by atoms with van der Waals surface area (Å²) in [4.78, 5) is 30.6. The smallest absolute Gasteiger partial charge is 0.465 e. The Hall–Kier alpha value is -5.26. The molecule has 12 nitrogen and oxygen atoms in total. The number of hydrogen-bond acceptors (Lipinski definition) is 10. The molecule has 45 heavy (non-hydrogen) atoms. The highest BCUT2D eigenvalue weighted by Crippen LogP contribution is 2.34. The van der Waals surface area contributed by atoms with E-state index < -0.39 is 18.4 Å². The van der Waals surface area contributed by atoms with Gasteiger partial charge in [0.1, 0.15) is 6.10 Å². The third kappa shape index (κ3) is 6.64. The molecule has 1 saturated carbocycles. The summed E-state index contributed by atoms with van der Waals surface area (Å²) < 4.78 is 24.0. The van der Waals surface area contributed by atoms with Crippen molar-refractivity contribution in [3.8, 4) is 28.5 Å². The van der Waals surface area contributed by atoms with Crippen LogP contribution in [0.5, 0.6) is 6.01 Å². The zero-order valence-electron chi connectivity index (χ0n) is 25.1. The standard InChI is InChI=1S/C33H34N6O6/c1-3-42-32-34-28-19-11-18-27(31(40)43-21(2)44-33(41)45-23-13-5-4-6-14-23)29(28)39(32)20-22-12-7-8-15-24(22)25-16-9-10-17-26(25)30-35-37-38-36-30/h7-12,15-19,21,23H,3-6,13-14,20H2,1-2H3,(H,35,36,37,38). The number of fused-ring (bicyclic) bond motifs is 1. The van der Waals surface area contributed by atoms with Crippen LogP contribution in [0.1, 0.15) is 61.9 Å². The Morgan fingerprint density at radius 2 is 1.69 bits per heavy atom. The molecule has 1 atom stereocenters. The van der Waals surface area contributed by atoms with Gasteiger partial charge in [-0.1, -0.05) is 61.0 Å². The Labute approximate surface area is 259 Å². The average molecular weight is 611 g/mol. The topological polar surface area (TPSA) is 143 Å². The number of hydrogen-bond donors (Lipinski definition) is 1. The molecule has 12 heteroatoms. The van der Waals surface area contributed by atoms with E-state index in [2.05, 4.69) is 25.6 Å². The maximum absolute atomic E-state index is 13.5. The van der Waals surface area contributed by atoms with Gasteiger partial charge in [0, 0.05) is 12.5 Å². The highest BCUT2D eigenvalue weighted by Gasteiger charge is 2.25. The van der Waals surface area contributed by atoms with E-state index in [1.807, 2.05) is 66.1 Å². The van der Waals surface area contributed by atoms with Crippen molar-refractivity contribution in [1.82, 2.24) is 30.2 Å². The molecule has 0 saturated heterocycles. The molecular formula is C33H34N6O6. The number of aromatic amines is 1. The minimum Gasteiger partial charge on any atom is -0.465 e. The van der Waals surface area contributed by atoms with E-state index in [-0.39, 0.29) is 11.7 Å². The lowest BCUT2D eigenvalue weighted by Crippen LogP contribution is -2.26. The molecule has 1 aliphatic carbocycles.